The molecule has 1 fully saturated rings. The molecule has 0 aliphatic carbocycles. The third kappa shape index (κ3) is 5.90. The lowest BCUT2D eigenvalue weighted by atomic mass is 9.96. The van der Waals surface area contributed by atoms with Crippen molar-refractivity contribution in [1.82, 2.24) is 0 Å². The number of unbranched alkanes of at least 4 members (excludes halogenated alkanes) is 6. The van der Waals surface area contributed by atoms with Gasteiger partial charge in [0.2, 0.25) is 0 Å². The fourth-order valence-corrected chi connectivity index (χ4v) is 2.62. The van der Waals surface area contributed by atoms with Crippen LogP contribution in [0.3, 0.4) is 0 Å². The molecule has 1 unspecified atom stereocenters. The topological polar surface area (TPSA) is 63.6 Å². The van der Waals surface area contributed by atoms with Crippen LogP contribution >= 0.6 is 0 Å². The summed E-state index contributed by atoms with van der Waals surface area (Å²) in [4.78, 5) is 23.7. The highest BCUT2D eigenvalue weighted by Gasteiger charge is 2.33. The molecule has 0 spiro atoms. The molecule has 1 aliphatic heterocycles. The molecule has 1 N–H and O–H groups in total. The molecule has 0 aromatic heterocycles. The molecule has 1 atom stereocenters. The number of aliphatic hydroxyl groups excluding tert-OH is 1. The normalized spacial score (nSPS) is 21.3. The molecular weight excluding hydrogens is 268 g/mol. The summed E-state index contributed by atoms with van der Waals surface area (Å²) in [6.07, 6.45) is 9.32. The van der Waals surface area contributed by atoms with Crippen LogP contribution in [0.5, 0.6) is 0 Å². The zero-order chi connectivity index (χ0) is 15.7. The van der Waals surface area contributed by atoms with Crippen LogP contribution in [0.1, 0.15) is 78.1 Å². The standard InChI is InChI=1S/C17H28O4/c1-3-5-6-7-8-9-10-11-13-12-15(19)16(14(18)4-2)17(20)21-13/h13,18H,3-12H2,1-2H3. The van der Waals surface area contributed by atoms with Crippen molar-refractivity contribution in [3.63, 3.8) is 0 Å². The Labute approximate surface area is 127 Å². The predicted molar refractivity (Wildman–Crippen MR) is 82.1 cm³/mol. The summed E-state index contributed by atoms with van der Waals surface area (Å²) in [5, 5.41) is 9.58. The van der Waals surface area contributed by atoms with E-state index in [9.17, 15) is 14.7 Å². The minimum absolute atomic E-state index is 0.145. The number of rotatable bonds is 9. The van der Waals surface area contributed by atoms with Gasteiger partial charge in [0.1, 0.15) is 17.4 Å². The molecular formula is C17H28O4. The van der Waals surface area contributed by atoms with E-state index in [0.717, 1.165) is 19.3 Å². The van der Waals surface area contributed by atoms with E-state index in [2.05, 4.69) is 6.92 Å². The van der Waals surface area contributed by atoms with E-state index >= 15 is 0 Å². The Morgan fingerprint density at radius 2 is 1.71 bits per heavy atom. The minimum atomic E-state index is -0.654. The molecule has 4 heteroatoms. The predicted octanol–water partition coefficient (Wildman–Crippen LogP) is 4.23. The quantitative estimate of drug-likeness (QED) is 0.227. The molecule has 0 aromatic rings. The van der Waals surface area contributed by atoms with Gasteiger partial charge in [0.25, 0.3) is 0 Å². The molecule has 21 heavy (non-hydrogen) atoms. The number of hydrogen-bond donors (Lipinski definition) is 1. The van der Waals surface area contributed by atoms with E-state index in [0.29, 0.717) is 0 Å². The number of carbonyl (C=O) groups excluding carboxylic acids is 2. The molecule has 0 saturated carbocycles. The van der Waals surface area contributed by atoms with Gasteiger partial charge in [-0.2, -0.15) is 0 Å². The Kier molecular flexibility index (Phi) is 8.09. The molecule has 120 valence electrons. The SMILES string of the molecule is CCCCCCCCCC1CC(=O)C(=C(O)CC)C(=O)O1. The number of esters is 1. The van der Waals surface area contributed by atoms with E-state index in [4.69, 9.17) is 4.74 Å². The van der Waals surface area contributed by atoms with Crippen molar-refractivity contribution in [2.75, 3.05) is 0 Å². The van der Waals surface area contributed by atoms with Gasteiger partial charge in [-0.1, -0.05) is 52.4 Å². The minimum Gasteiger partial charge on any atom is -0.511 e. The molecule has 0 bridgehead atoms. The monoisotopic (exact) mass is 296 g/mol. The summed E-state index contributed by atoms with van der Waals surface area (Å²) < 4.78 is 5.26. The van der Waals surface area contributed by atoms with Crippen LogP contribution in [0.2, 0.25) is 0 Å². The number of cyclic esters (lactones) is 1. The van der Waals surface area contributed by atoms with E-state index < -0.39 is 5.97 Å². The average Bonchev–Trinajstić information content (AvgIpc) is 2.45. The van der Waals surface area contributed by atoms with Crippen LogP contribution in [0.15, 0.2) is 11.3 Å². The molecule has 0 aromatic carbocycles. The Morgan fingerprint density at radius 3 is 2.29 bits per heavy atom. The lowest BCUT2D eigenvalue weighted by molar-refractivity contribution is -0.151. The summed E-state index contributed by atoms with van der Waals surface area (Å²) >= 11 is 0. The molecule has 1 rings (SSSR count). The fourth-order valence-electron chi connectivity index (χ4n) is 2.62. The van der Waals surface area contributed by atoms with Gasteiger partial charge in [-0.05, 0) is 12.8 Å². The van der Waals surface area contributed by atoms with Gasteiger partial charge in [0, 0.05) is 12.8 Å². The summed E-state index contributed by atoms with van der Waals surface area (Å²) in [5.41, 5.74) is -0.145. The number of carbonyl (C=O) groups is 2. The second-order valence-corrected chi connectivity index (χ2v) is 5.74. The Morgan fingerprint density at radius 1 is 1.10 bits per heavy atom. The Bertz CT molecular complexity index is 364. The summed E-state index contributed by atoms with van der Waals surface area (Å²) in [6, 6.07) is 0. The van der Waals surface area contributed by atoms with E-state index in [-0.39, 0.29) is 36.1 Å². The van der Waals surface area contributed by atoms with Gasteiger partial charge in [-0.25, -0.2) is 4.79 Å². The van der Waals surface area contributed by atoms with Crippen LogP contribution in [-0.4, -0.2) is 23.0 Å². The maximum Gasteiger partial charge on any atom is 0.345 e. The van der Waals surface area contributed by atoms with Crippen molar-refractivity contribution in [2.45, 2.75) is 84.2 Å². The lowest BCUT2D eigenvalue weighted by Crippen LogP contribution is -2.33. The second-order valence-electron chi connectivity index (χ2n) is 5.74. The first-order valence-electron chi connectivity index (χ1n) is 8.26. The molecule has 4 nitrogen and oxygen atoms in total. The zero-order valence-electron chi connectivity index (χ0n) is 13.3. The third-order valence-corrected chi connectivity index (χ3v) is 3.92. The molecule has 1 heterocycles. The van der Waals surface area contributed by atoms with Gasteiger partial charge >= 0.3 is 5.97 Å². The van der Waals surface area contributed by atoms with Crippen molar-refractivity contribution >= 4 is 11.8 Å². The van der Waals surface area contributed by atoms with Gasteiger partial charge < -0.3 is 9.84 Å². The summed E-state index contributed by atoms with van der Waals surface area (Å²) in [6.45, 7) is 3.90. The van der Waals surface area contributed by atoms with Crippen molar-refractivity contribution in [3.8, 4) is 0 Å². The van der Waals surface area contributed by atoms with Crippen LogP contribution in [0.4, 0.5) is 0 Å². The fraction of sp³-hybridized carbons (Fsp3) is 0.765. The van der Waals surface area contributed by atoms with Gasteiger partial charge in [-0.15, -0.1) is 0 Å². The largest absolute Gasteiger partial charge is 0.511 e. The van der Waals surface area contributed by atoms with Crippen LogP contribution in [0.25, 0.3) is 0 Å². The maximum absolute atomic E-state index is 11.9. The lowest BCUT2D eigenvalue weighted by Gasteiger charge is -2.23. The van der Waals surface area contributed by atoms with Gasteiger partial charge in [0.15, 0.2) is 5.78 Å². The van der Waals surface area contributed by atoms with Crippen LogP contribution in [-0.2, 0) is 14.3 Å². The molecule has 1 aliphatic rings. The number of ether oxygens (including phenoxy) is 1. The summed E-state index contributed by atoms with van der Waals surface area (Å²) in [5.74, 6) is -1.09. The molecule has 1 saturated heterocycles. The smallest absolute Gasteiger partial charge is 0.345 e. The van der Waals surface area contributed by atoms with Crippen LogP contribution < -0.4 is 0 Å². The number of aliphatic hydroxyl groups is 1. The highest BCUT2D eigenvalue weighted by Crippen LogP contribution is 2.23. The van der Waals surface area contributed by atoms with E-state index in [1.807, 2.05) is 0 Å². The second kappa shape index (κ2) is 9.59. The number of ketones is 1. The highest BCUT2D eigenvalue weighted by atomic mass is 16.5. The first kappa shape index (κ1) is 17.7. The number of hydrogen-bond acceptors (Lipinski definition) is 4. The molecule has 0 amide bonds. The van der Waals surface area contributed by atoms with Gasteiger partial charge in [-0.3, -0.25) is 4.79 Å². The number of allylic oxidation sites excluding steroid dienone is 1. The van der Waals surface area contributed by atoms with E-state index in [1.165, 1.54) is 32.1 Å². The van der Waals surface area contributed by atoms with Crippen molar-refractivity contribution in [2.24, 2.45) is 0 Å². The van der Waals surface area contributed by atoms with Crippen molar-refractivity contribution in [3.05, 3.63) is 11.3 Å². The first-order chi connectivity index (χ1) is 10.1. The Balaban J connectivity index is 2.28. The third-order valence-electron chi connectivity index (χ3n) is 3.92. The van der Waals surface area contributed by atoms with Crippen molar-refractivity contribution in [1.29, 1.82) is 0 Å². The summed E-state index contributed by atoms with van der Waals surface area (Å²) in [7, 11) is 0. The van der Waals surface area contributed by atoms with Crippen molar-refractivity contribution < 1.29 is 19.4 Å². The maximum atomic E-state index is 11.9. The highest BCUT2D eigenvalue weighted by molar-refractivity contribution is 6.19. The molecule has 0 radical (unpaired) electrons. The van der Waals surface area contributed by atoms with Gasteiger partial charge in [0.05, 0.1) is 0 Å². The first-order valence-corrected chi connectivity index (χ1v) is 8.26. The van der Waals surface area contributed by atoms with Crippen LogP contribution in [0, 0.1) is 0 Å². The Hall–Kier alpha value is -1.32. The average molecular weight is 296 g/mol. The number of Topliss-reactive ketones (excluding diaryl/α,β-unsaturated/α-hetero) is 1. The van der Waals surface area contributed by atoms with E-state index in [1.54, 1.807) is 6.92 Å². The zero-order valence-corrected chi connectivity index (χ0v) is 13.3.